The molecule has 1 aromatic carbocycles. The van der Waals surface area contributed by atoms with Gasteiger partial charge in [-0.15, -0.1) is 0 Å². The SMILES string of the molecule is CCCCN(CC(=O)N[C@@](C)(C#N)C1CC1)Cc1nc2ccccc2c(=O)[nH]1. The lowest BCUT2D eigenvalue weighted by Gasteiger charge is -2.26. The fourth-order valence-corrected chi connectivity index (χ4v) is 3.43. The summed E-state index contributed by atoms with van der Waals surface area (Å²) in [5.74, 6) is 0.608. The third-order valence-electron chi connectivity index (χ3n) is 5.26. The maximum absolute atomic E-state index is 12.6. The summed E-state index contributed by atoms with van der Waals surface area (Å²) in [6.45, 7) is 5.14. The van der Waals surface area contributed by atoms with Gasteiger partial charge in [0.2, 0.25) is 5.91 Å². The third-order valence-corrected chi connectivity index (χ3v) is 5.26. The molecule has 1 aromatic heterocycles. The Bertz CT molecular complexity index is 944. The predicted octanol–water partition coefficient (Wildman–Crippen LogP) is 2.33. The first-order valence-electron chi connectivity index (χ1n) is 9.87. The van der Waals surface area contributed by atoms with Crippen LogP contribution in [0.15, 0.2) is 29.1 Å². The second-order valence-corrected chi connectivity index (χ2v) is 7.73. The van der Waals surface area contributed by atoms with Crippen molar-refractivity contribution in [3.8, 4) is 6.07 Å². The Morgan fingerprint density at radius 2 is 2.18 bits per heavy atom. The first-order valence-corrected chi connectivity index (χ1v) is 9.87. The van der Waals surface area contributed by atoms with Crippen molar-refractivity contribution in [2.24, 2.45) is 5.92 Å². The number of nitriles is 1. The molecule has 2 N–H and O–H groups in total. The van der Waals surface area contributed by atoms with E-state index in [-0.39, 0.29) is 23.9 Å². The summed E-state index contributed by atoms with van der Waals surface area (Å²) in [6, 6.07) is 9.47. The zero-order valence-electron chi connectivity index (χ0n) is 16.5. The van der Waals surface area contributed by atoms with Gasteiger partial charge in [0.05, 0.1) is 30.1 Å². The van der Waals surface area contributed by atoms with E-state index in [1.807, 2.05) is 23.1 Å². The molecule has 0 unspecified atom stereocenters. The molecule has 1 aliphatic rings. The summed E-state index contributed by atoms with van der Waals surface area (Å²) >= 11 is 0. The molecule has 0 radical (unpaired) electrons. The van der Waals surface area contributed by atoms with E-state index >= 15 is 0 Å². The highest BCUT2D eigenvalue weighted by Crippen LogP contribution is 2.39. The number of carbonyl (C=O) groups is 1. The molecule has 3 rings (SSSR count). The number of hydrogen-bond donors (Lipinski definition) is 2. The Hall–Kier alpha value is -2.72. The Morgan fingerprint density at radius 3 is 2.86 bits per heavy atom. The van der Waals surface area contributed by atoms with E-state index in [1.54, 1.807) is 13.0 Å². The lowest BCUT2D eigenvalue weighted by molar-refractivity contribution is -0.123. The van der Waals surface area contributed by atoms with Crippen LogP contribution in [-0.4, -0.2) is 39.4 Å². The molecule has 28 heavy (non-hydrogen) atoms. The molecular weight excluding hydrogens is 354 g/mol. The van der Waals surface area contributed by atoms with E-state index in [9.17, 15) is 14.9 Å². The molecule has 1 aliphatic carbocycles. The highest BCUT2D eigenvalue weighted by atomic mass is 16.2. The fraction of sp³-hybridized carbons (Fsp3) is 0.524. The maximum atomic E-state index is 12.6. The van der Waals surface area contributed by atoms with Gasteiger partial charge in [-0.3, -0.25) is 14.5 Å². The number of aromatic amines is 1. The first kappa shape index (κ1) is 20.0. The number of aromatic nitrogens is 2. The minimum atomic E-state index is -0.803. The molecule has 1 saturated carbocycles. The van der Waals surface area contributed by atoms with E-state index in [0.29, 0.717) is 29.8 Å². The van der Waals surface area contributed by atoms with Crippen molar-refractivity contribution in [2.45, 2.75) is 51.6 Å². The van der Waals surface area contributed by atoms with Gasteiger partial charge >= 0.3 is 0 Å². The number of benzene rings is 1. The van der Waals surface area contributed by atoms with Crippen molar-refractivity contribution in [1.29, 1.82) is 5.26 Å². The molecule has 7 heteroatoms. The summed E-state index contributed by atoms with van der Waals surface area (Å²) in [5, 5.41) is 12.9. The van der Waals surface area contributed by atoms with Crippen LogP contribution in [0, 0.1) is 17.2 Å². The smallest absolute Gasteiger partial charge is 0.258 e. The zero-order chi connectivity index (χ0) is 20.1. The number of rotatable bonds is 9. The topological polar surface area (TPSA) is 102 Å². The summed E-state index contributed by atoms with van der Waals surface area (Å²) in [6.07, 6.45) is 3.89. The van der Waals surface area contributed by atoms with Crippen LogP contribution in [0.4, 0.5) is 0 Å². The standard InChI is InChI=1S/C21H27N5O2/c1-3-4-11-26(13-19(27)25-21(2,14-22)15-9-10-15)12-18-23-17-8-6-5-7-16(17)20(28)24-18/h5-8,15H,3-4,9-13H2,1-2H3,(H,25,27)(H,23,24,28)/t21-/m0/s1. The number of amides is 1. The molecule has 0 bridgehead atoms. The van der Waals surface area contributed by atoms with E-state index in [1.165, 1.54) is 0 Å². The van der Waals surface area contributed by atoms with Crippen molar-refractivity contribution < 1.29 is 4.79 Å². The van der Waals surface area contributed by atoms with Gasteiger partial charge in [-0.1, -0.05) is 25.5 Å². The summed E-state index contributed by atoms with van der Waals surface area (Å²) in [4.78, 5) is 34.2. The van der Waals surface area contributed by atoms with E-state index < -0.39 is 5.54 Å². The summed E-state index contributed by atoms with van der Waals surface area (Å²) in [7, 11) is 0. The second kappa shape index (κ2) is 8.53. The quantitative estimate of drug-likeness (QED) is 0.694. The van der Waals surface area contributed by atoms with Gasteiger partial charge in [0.15, 0.2) is 0 Å². The average molecular weight is 381 g/mol. The average Bonchev–Trinajstić information content (AvgIpc) is 3.52. The summed E-state index contributed by atoms with van der Waals surface area (Å²) in [5.41, 5.74) is -0.332. The number of H-pyrrole nitrogens is 1. The first-order chi connectivity index (χ1) is 13.4. The molecule has 0 saturated heterocycles. The van der Waals surface area contributed by atoms with Crippen molar-refractivity contribution in [1.82, 2.24) is 20.2 Å². The normalized spacial score (nSPS) is 15.9. The van der Waals surface area contributed by atoms with Gasteiger partial charge in [0, 0.05) is 0 Å². The number of para-hydroxylation sites is 1. The predicted molar refractivity (Wildman–Crippen MR) is 107 cm³/mol. The molecule has 0 spiro atoms. The molecule has 1 fully saturated rings. The van der Waals surface area contributed by atoms with E-state index in [2.05, 4.69) is 28.3 Å². The van der Waals surface area contributed by atoms with Gasteiger partial charge in [-0.25, -0.2) is 4.98 Å². The highest BCUT2D eigenvalue weighted by Gasteiger charge is 2.43. The van der Waals surface area contributed by atoms with Gasteiger partial charge in [-0.2, -0.15) is 5.26 Å². The molecule has 1 amide bonds. The minimum absolute atomic E-state index is 0.167. The van der Waals surface area contributed by atoms with Crippen LogP contribution in [0.3, 0.4) is 0 Å². The Labute approximate surface area is 164 Å². The molecule has 1 heterocycles. The molecule has 0 aliphatic heterocycles. The lowest BCUT2D eigenvalue weighted by Crippen LogP contribution is -2.50. The molecule has 7 nitrogen and oxygen atoms in total. The third kappa shape index (κ3) is 4.76. The molecule has 1 atom stereocenters. The van der Waals surface area contributed by atoms with Crippen LogP contribution in [0.25, 0.3) is 10.9 Å². The van der Waals surface area contributed by atoms with Crippen molar-refractivity contribution in [2.75, 3.05) is 13.1 Å². The monoisotopic (exact) mass is 381 g/mol. The van der Waals surface area contributed by atoms with Crippen LogP contribution in [-0.2, 0) is 11.3 Å². The molecule has 148 valence electrons. The van der Waals surface area contributed by atoms with Crippen LogP contribution in [0.5, 0.6) is 0 Å². The fourth-order valence-electron chi connectivity index (χ4n) is 3.43. The number of hydrogen-bond acceptors (Lipinski definition) is 5. The second-order valence-electron chi connectivity index (χ2n) is 7.73. The van der Waals surface area contributed by atoms with Crippen molar-refractivity contribution >= 4 is 16.8 Å². The van der Waals surface area contributed by atoms with Crippen molar-refractivity contribution in [3.05, 3.63) is 40.4 Å². The summed E-state index contributed by atoms with van der Waals surface area (Å²) < 4.78 is 0. The molecule has 2 aromatic rings. The highest BCUT2D eigenvalue weighted by molar-refractivity contribution is 5.79. The largest absolute Gasteiger partial charge is 0.337 e. The van der Waals surface area contributed by atoms with Crippen LogP contribution in [0.1, 0.15) is 45.4 Å². The van der Waals surface area contributed by atoms with Gasteiger partial charge in [-0.05, 0) is 50.8 Å². The van der Waals surface area contributed by atoms with E-state index in [4.69, 9.17) is 0 Å². The van der Waals surface area contributed by atoms with Gasteiger partial charge in [0.1, 0.15) is 11.4 Å². The maximum Gasteiger partial charge on any atom is 0.258 e. The number of nitrogens with zero attached hydrogens (tertiary/aromatic N) is 3. The number of carbonyl (C=O) groups excluding carboxylic acids is 1. The van der Waals surface area contributed by atoms with Crippen LogP contribution < -0.4 is 10.9 Å². The van der Waals surface area contributed by atoms with Crippen molar-refractivity contribution in [3.63, 3.8) is 0 Å². The number of unbranched alkanes of at least 4 members (excludes halogenated alkanes) is 1. The lowest BCUT2D eigenvalue weighted by atomic mass is 9.98. The van der Waals surface area contributed by atoms with Crippen LogP contribution >= 0.6 is 0 Å². The van der Waals surface area contributed by atoms with Crippen LogP contribution in [0.2, 0.25) is 0 Å². The Balaban J connectivity index is 1.72. The zero-order valence-corrected chi connectivity index (χ0v) is 16.5. The number of nitrogens with one attached hydrogen (secondary N) is 2. The number of fused-ring (bicyclic) bond motifs is 1. The Kier molecular flexibility index (Phi) is 6.10. The van der Waals surface area contributed by atoms with Gasteiger partial charge in [0.25, 0.3) is 5.56 Å². The van der Waals surface area contributed by atoms with Gasteiger partial charge < -0.3 is 10.3 Å². The molecular formula is C21H27N5O2. The minimum Gasteiger partial charge on any atom is -0.337 e. The Morgan fingerprint density at radius 1 is 1.43 bits per heavy atom. The van der Waals surface area contributed by atoms with E-state index in [0.717, 1.165) is 25.7 Å².